The van der Waals surface area contributed by atoms with Crippen LogP contribution in [0.1, 0.15) is 39.0 Å². The van der Waals surface area contributed by atoms with E-state index in [2.05, 4.69) is 22.0 Å². The van der Waals surface area contributed by atoms with Crippen molar-refractivity contribution in [1.29, 1.82) is 0 Å². The van der Waals surface area contributed by atoms with Crippen LogP contribution in [-0.2, 0) is 0 Å². The maximum atomic E-state index is 3.73. The molecule has 0 aromatic rings. The van der Waals surface area contributed by atoms with Gasteiger partial charge < -0.3 is 5.32 Å². The number of piperidine rings is 2. The second-order valence-electron chi connectivity index (χ2n) is 6.63. The van der Waals surface area contributed by atoms with Gasteiger partial charge in [0.05, 0.1) is 0 Å². The van der Waals surface area contributed by atoms with Crippen molar-refractivity contribution in [3.8, 4) is 0 Å². The van der Waals surface area contributed by atoms with Crippen LogP contribution >= 0.6 is 0 Å². The molecule has 1 N–H and O–H groups in total. The van der Waals surface area contributed by atoms with Gasteiger partial charge in [0.15, 0.2) is 0 Å². The normalized spacial score (nSPS) is 39.5. The number of nitrogens with one attached hydrogen (secondary N) is 1. The Morgan fingerprint density at radius 1 is 1.06 bits per heavy atom. The summed E-state index contributed by atoms with van der Waals surface area (Å²) in [6.07, 6.45) is 7.10. The van der Waals surface area contributed by atoms with E-state index >= 15 is 0 Å². The summed E-state index contributed by atoms with van der Waals surface area (Å²) in [5, 5.41) is 3.73. The topological polar surface area (TPSA) is 18.5 Å². The average molecular weight is 251 g/mol. The average Bonchev–Trinajstić information content (AvgIpc) is 2.41. The van der Waals surface area contributed by atoms with Gasteiger partial charge in [-0.25, -0.2) is 0 Å². The summed E-state index contributed by atoms with van der Waals surface area (Å²) in [5.41, 5.74) is 0. The van der Waals surface area contributed by atoms with Crippen LogP contribution in [0.4, 0.5) is 0 Å². The van der Waals surface area contributed by atoms with E-state index in [0.717, 1.165) is 18.0 Å². The van der Waals surface area contributed by atoms with Crippen LogP contribution in [0.3, 0.4) is 0 Å². The van der Waals surface area contributed by atoms with Crippen LogP contribution < -0.4 is 5.32 Å². The van der Waals surface area contributed by atoms with E-state index in [1.807, 2.05) is 0 Å². The zero-order chi connectivity index (χ0) is 12.4. The predicted molar refractivity (Wildman–Crippen MR) is 75.8 cm³/mol. The van der Waals surface area contributed by atoms with Gasteiger partial charge in [-0.2, -0.15) is 0 Å². The second-order valence-corrected chi connectivity index (χ2v) is 6.63. The van der Waals surface area contributed by atoms with Crippen molar-refractivity contribution in [2.24, 2.45) is 5.92 Å². The summed E-state index contributed by atoms with van der Waals surface area (Å²) in [7, 11) is 0. The largest absolute Gasteiger partial charge is 0.312 e. The highest BCUT2D eigenvalue weighted by Crippen LogP contribution is 2.23. The highest BCUT2D eigenvalue weighted by molar-refractivity contribution is 4.88. The fraction of sp³-hybridized carbons (Fsp3) is 1.00. The van der Waals surface area contributed by atoms with Crippen molar-refractivity contribution in [1.82, 2.24) is 15.1 Å². The Morgan fingerprint density at radius 3 is 2.89 bits per heavy atom. The number of piperazine rings is 1. The molecule has 0 aromatic heterocycles. The van der Waals surface area contributed by atoms with Crippen LogP contribution in [-0.4, -0.2) is 61.2 Å². The molecule has 3 unspecified atom stereocenters. The van der Waals surface area contributed by atoms with Gasteiger partial charge in [0.2, 0.25) is 0 Å². The Kier molecular flexibility index (Phi) is 4.22. The number of hydrogen-bond acceptors (Lipinski definition) is 3. The molecule has 0 amide bonds. The zero-order valence-electron chi connectivity index (χ0n) is 11.9. The maximum Gasteiger partial charge on any atom is 0.0223 e. The third kappa shape index (κ3) is 2.89. The number of fused-ring (bicyclic) bond motifs is 1. The molecular formula is C15H29N3. The summed E-state index contributed by atoms with van der Waals surface area (Å²) in [4.78, 5) is 5.46. The molecule has 3 fully saturated rings. The Labute approximate surface area is 112 Å². The van der Waals surface area contributed by atoms with E-state index in [1.165, 1.54) is 71.4 Å². The van der Waals surface area contributed by atoms with Gasteiger partial charge in [0.25, 0.3) is 0 Å². The van der Waals surface area contributed by atoms with Gasteiger partial charge in [-0.15, -0.1) is 0 Å². The molecule has 0 aliphatic carbocycles. The lowest BCUT2D eigenvalue weighted by Gasteiger charge is -2.45. The number of hydrogen-bond donors (Lipinski definition) is 1. The van der Waals surface area contributed by atoms with Crippen LogP contribution in [0.15, 0.2) is 0 Å². The Balaban J connectivity index is 1.51. The quantitative estimate of drug-likeness (QED) is 0.803. The molecule has 3 heteroatoms. The van der Waals surface area contributed by atoms with Crippen LogP contribution in [0.2, 0.25) is 0 Å². The van der Waals surface area contributed by atoms with E-state index in [1.54, 1.807) is 0 Å². The van der Waals surface area contributed by atoms with E-state index in [4.69, 9.17) is 0 Å². The third-order valence-corrected chi connectivity index (χ3v) is 5.31. The molecule has 0 bridgehead atoms. The molecule has 104 valence electrons. The molecule has 3 atom stereocenters. The van der Waals surface area contributed by atoms with E-state index in [0.29, 0.717) is 0 Å². The Morgan fingerprint density at radius 2 is 2.00 bits per heavy atom. The lowest BCUT2D eigenvalue weighted by molar-refractivity contribution is 0.0395. The van der Waals surface area contributed by atoms with E-state index < -0.39 is 0 Å². The fourth-order valence-corrected chi connectivity index (χ4v) is 4.02. The van der Waals surface area contributed by atoms with Crippen molar-refractivity contribution in [2.45, 2.75) is 51.1 Å². The first-order chi connectivity index (χ1) is 8.83. The lowest BCUT2D eigenvalue weighted by Crippen LogP contribution is -2.58. The molecular weight excluding hydrogens is 222 g/mol. The minimum absolute atomic E-state index is 0.744. The van der Waals surface area contributed by atoms with Crippen LogP contribution in [0.25, 0.3) is 0 Å². The van der Waals surface area contributed by atoms with Crippen molar-refractivity contribution >= 4 is 0 Å². The number of nitrogens with zero attached hydrogens (tertiary/aromatic N) is 2. The molecule has 0 saturated carbocycles. The standard InChI is InChI=1S/C15H29N3/c1-13-5-4-7-16-15(13)12-17-9-10-18-8-3-2-6-14(18)11-17/h13-16H,2-12H2,1H3. The maximum absolute atomic E-state index is 3.73. The Bertz CT molecular complexity index is 268. The van der Waals surface area contributed by atoms with Gasteiger partial charge in [-0.05, 0) is 44.7 Å². The first kappa shape index (κ1) is 12.9. The first-order valence-corrected chi connectivity index (χ1v) is 8.03. The van der Waals surface area contributed by atoms with Crippen molar-refractivity contribution < 1.29 is 0 Å². The smallest absolute Gasteiger partial charge is 0.0223 e. The molecule has 0 aromatic carbocycles. The summed E-state index contributed by atoms with van der Waals surface area (Å²) >= 11 is 0. The molecule has 18 heavy (non-hydrogen) atoms. The van der Waals surface area contributed by atoms with Crippen molar-refractivity contribution in [3.63, 3.8) is 0 Å². The molecule has 0 radical (unpaired) electrons. The van der Waals surface area contributed by atoms with Gasteiger partial charge in [0, 0.05) is 38.3 Å². The van der Waals surface area contributed by atoms with Crippen LogP contribution in [0, 0.1) is 5.92 Å². The highest BCUT2D eigenvalue weighted by atomic mass is 15.3. The summed E-state index contributed by atoms with van der Waals surface area (Å²) < 4.78 is 0. The van der Waals surface area contributed by atoms with Gasteiger partial charge in [-0.1, -0.05) is 13.3 Å². The van der Waals surface area contributed by atoms with E-state index in [9.17, 15) is 0 Å². The Hall–Kier alpha value is -0.120. The number of rotatable bonds is 2. The molecule has 3 heterocycles. The molecule has 3 aliphatic rings. The molecule has 0 spiro atoms. The van der Waals surface area contributed by atoms with Gasteiger partial charge >= 0.3 is 0 Å². The highest BCUT2D eigenvalue weighted by Gasteiger charge is 2.31. The van der Waals surface area contributed by atoms with Crippen LogP contribution in [0.5, 0.6) is 0 Å². The molecule has 3 rings (SSSR count). The zero-order valence-corrected chi connectivity index (χ0v) is 11.9. The fourth-order valence-electron chi connectivity index (χ4n) is 4.02. The van der Waals surface area contributed by atoms with Gasteiger partial charge in [-0.3, -0.25) is 9.80 Å². The minimum Gasteiger partial charge on any atom is -0.312 e. The summed E-state index contributed by atoms with van der Waals surface area (Å²) in [6.45, 7) is 10.2. The molecule has 3 aliphatic heterocycles. The predicted octanol–water partition coefficient (Wildman–Crippen LogP) is 1.54. The van der Waals surface area contributed by atoms with Crippen molar-refractivity contribution in [2.75, 3.05) is 39.3 Å². The lowest BCUT2D eigenvalue weighted by atomic mass is 9.91. The second kappa shape index (κ2) is 5.89. The third-order valence-electron chi connectivity index (χ3n) is 5.31. The SMILES string of the molecule is CC1CCCNC1CN1CCN2CCCCC2C1. The van der Waals surface area contributed by atoms with E-state index in [-0.39, 0.29) is 0 Å². The first-order valence-electron chi connectivity index (χ1n) is 8.03. The summed E-state index contributed by atoms with van der Waals surface area (Å²) in [5.74, 6) is 0.864. The minimum atomic E-state index is 0.744. The molecule has 3 saturated heterocycles. The molecule has 3 nitrogen and oxygen atoms in total. The summed E-state index contributed by atoms with van der Waals surface area (Å²) in [6, 6.07) is 1.61. The monoisotopic (exact) mass is 251 g/mol. The van der Waals surface area contributed by atoms with Gasteiger partial charge in [0.1, 0.15) is 0 Å². The van der Waals surface area contributed by atoms with Crippen molar-refractivity contribution in [3.05, 3.63) is 0 Å².